The van der Waals surface area contributed by atoms with Crippen LogP contribution in [0.5, 0.6) is 5.75 Å². The van der Waals surface area contributed by atoms with Crippen molar-refractivity contribution < 1.29 is 14.6 Å². The first-order valence-electron chi connectivity index (χ1n) is 10.9. The summed E-state index contributed by atoms with van der Waals surface area (Å²) in [4.78, 5) is 31.6. The topological polar surface area (TPSA) is 80.9 Å². The Morgan fingerprint density at radius 3 is 2.55 bits per heavy atom. The zero-order valence-electron chi connectivity index (χ0n) is 19.0. The van der Waals surface area contributed by atoms with Crippen molar-refractivity contribution in [3.63, 3.8) is 0 Å². The fourth-order valence-corrected chi connectivity index (χ4v) is 4.96. The number of allylic oxidation sites excluding steroid dienone is 1. The van der Waals surface area contributed by atoms with Crippen LogP contribution < -0.4 is 14.9 Å². The Labute approximate surface area is 195 Å². The molecule has 0 spiro atoms. The molecule has 0 amide bonds. The Hall–Kier alpha value is -3.45. The molecule has 0 aliphatic carbocycles. The van der Waals surface area contributed by atoms with E-state index in [9.17, 15) is 14.7 Å². The van der Waals surface area contributed by atoms with Gasteiger partial charge in [0.05, 0.1) is 28.5 Å². The van der Waals surface area contributed by atoms with E-state index in [-0.39, 0.29) is 17.9 Å². The van der Waals surface area contributed by atoms with E-state index in [0.717, 1.165) is 5.56 Å². The first-order valence-corrected chi connectivity index (χ1v) is 11.7. The summed E-state index contributed by atoms with van der Waals surface area (Å²) in [6.07, 6.45) is 1.65. The lowest BCUT2D eigenvalue weighted by atomic mass is 9.93. The molecule has 1 N–H and O–H groups in total. The first kappa shape index (κ1) is 22.7. The average Bonchev–Trinajstić information content (AvgIpc) is 3.09. The zero-order chi connectivity index (χ0) is 23.7. The molecular weight excluding hydrogens is 436 g/mol. The molecule has 1 aliphatic rings. The molecule has 1 aliphatic heterocycles. The van der Waals surface area contributed by atoms with Gasteiger partial charge >= 0.3 is 5.97 Å². The summed E-state index contributed by atoms with van der Waals surface area (Å²) in [6, 6.07) is 14.2. The summed E-state index contributed by atoms with van der Waals surface area (Å²) >= 11 is 1.23. The molecule has 0 unspecified atom stereocenters. The van der Waals surface area contributed by atoms with Crippen LogP contribution in [0, 0.1) is 0 Å². The van der Waals surface area contributed by atoms with Crippen LogP contribution in [0.25, 0.3) is 6.08 Å². The Bertz CT molecular complexity index is 1410. The molecule has 7 heteroatoms. The fraction of sp³-hybridized carbons (Fsp3) is 0.269. The van der Waals surface area contributed by atoms with Crippen molar-refractivity contribution in [2.24, 2.45) is 4.99 Å². The number of hydrogen-bond donors (Lipinski definition) is 1. The highest BCUT2D eigenvalue weighted by molar-refractivity contribution is 7.07. The second-order valence-electron chi connectivity index (χ2n) is 8.18. The molecule has 1 atom stereocenters. The summed E-state index contributed by atoms with van der Waals surface area (Å²) in [5.41, 5.74) is 3.14. The molecule has 0 fully saturated rings. The molecule has 2 heterocycles. The van der Waals surface area contributed by atoms with E-state index in [1.165, 1.54) is 16.9 Å². The number of aromatic nitrogens is 1. The van der Waals surface area contributed by atoms with Crippen molar-refractivity contribution in [3.05, 3.63) is 96.2 Å². The predicted octanol–water partition coefficient (Wildman–Crippen LogP) is 3.63. The zero-order valence-corrected chi connectivity index (χ0v) is 19.8. The molecule has 1 aromatic heterocycles. The van der Waals surface area contributed by atoms with Gasteiger partial charge in [0.1, 0.15) is 5.75 Å². The molecular formula is C26H26N2O4S. The normalized spacial score (nSPS) is 16.0. The van der Waals surface area contributed by atoms with E-state index in [1.54, 1.807) is 48.8 Å². The summed E-state index contributed by atoms with van der Waals surface area (Å²) in [7, 11) is 0. The molecule has 170 valence electrons. The second kappa shape index (κ2) is 9.19. The molecule has 0 saturated heterocycles. The van der Waals surface area contributed by atoms with Crippen LogP contribution in [0.1, 0.15) is 56.3 Å². The minimum absolute atomic E-state index is 0.0903. The SMILES string of the molecule is CCOC(=O)C1=C(C)N=c2s/c(=C\c3ccccc3O)c(=O)n2[C@H]1c1ccc(C(C)C)cc1. The van der Waals surface area contributed by atoms with Crippen LogP contribution in [0.2, 0.25) is 0 Å². The van der Waals surface area contributed by atoms with E-state index >= 15 is 0 Å². The lowest BCUT2D eigenvalue weighted by Crippen LogP contribution is -2.39. The molecule has 0 saturated carbocycles. The van der Waals surface area contributed by atoms with Crippen LogP contribution in [-0.2, 0) is 9.53 Å². The Morgan fingerprint density at radius 2 is 1.91 bits per heavy atom. The minimum Gasteiger partial charge on any atom is -0.507 e. The van der Waals surface area contributed by atoms with Crippen molar-refractivity contribution in [2.75, 3.05) is 6.61 Å². The Balaban J connectivity index is 1.95. The Kier molecular flexibility index (Phi) is 6.33. The summed E-state index contributed by atoms with van der Waals surface area (Å²) in [5.74, 6) is -0.0272. The first-order chi connectivity index (χ1) is 15.8. The number of nitrogens with zero attached hydrogens (tertiary/aromatic N) is 2. The molecule has 0 radical (unpaired) electrons. The lowest BCUT2D eigenvalue weighted by molar-refractivity contribution is -0.139. The summed E-state index contributed by atoms with van der Waals surface area (Å²) in [6.45, 7) is 7.98. The molecule has 33 heavy (non-hydrogen) atoms. The number of hydrogen-bond acceptors (Lipinski definition) is 6. The third kappa shape index (κ3) is 4.28. The number of fused-ring (bicyclic) bond motifs is 1. The number of phenolic OH excluding ortho intramolecular Hbond substituents is 1. The van der Waals surface area contributed by atoms with Gasteiger partial charge in [-0.2, -0.15) is 0 Å². The summed E-state index contributed by atoms with van der Waals surface area (Å²) in [5, 5.41) is 10.2. The average molecular weight is 463 g/mol. The van der Waals surface area contributed by atoms with Crippen LogP contribution >= 0.6 is 11.3 Å². The number of phenols is 1. The number of rotatable bonds is 5. The van der Waals surface area contributed by atoms with E-state index in [0.29, 0.717) is 32.1 Å². The number of thiazole rings is 1. The summed E-state index contributed by atoms with van der Waals surface area (Å²) < 4.78 is 7.31. The molecule has 0 bridgehead atoms. The number of aromatic hydroxyl groups is 1. The third-order valence-corrected chi connectivity index (χ3v) is 6.64. The smallest absolute Gasteiger partial charge is 0.338 e. The quantitative estimate of drug-likeness (QED) is 0.587. The maximum absolute atomic E-state index is 13.5. The van der Waals surface area contributed by atoms with Crippen molar-refractivity contribution in [1.82, 2.24) is 4.57 Å². The van der Waals surface area contributed by atoms with Gasteiger partial charge in [0, 0.05) is 5.56 Å². The second-order valence-corrected chi connectivity index (χ2v) is 9.19. The van der Waals surface area contributed by atoms with Gasteiger partial charge in [-0.15, -0.1) is 0 Å². The van der Waals surface area contributed by atoms with Crippen molar-refractivity contribution in [1.29, 1.82) is 0 Å². The molecule has 2 aromatic carbocycles. The van der Waals surface area contributed by atoms with E-state index < -0.39 is 12.0 Å². The lowest BCUT2D eigenvalue weighted by Gasteiger charge is -2.25. The van der Waals surface area contributed by atoms with Gasteiger partial charge in [-0.1, -0.05) is 67.6 Å². The van der Waals surface area contributed by atoms with Gasteiger partial charge in [0.2, 0.25) is 0 Å². The number of carbonyl (C=O) groups excluding carboxylic acids is 1. The predicted molar refractivity (Wildman–Crippen MR) is 129 cm³/mol. The standard InChI is InChI=1S/C26H26N2O4S/c1-5-32-25(31)22-16(4)27-26-28(23(22)18-12-10-17(11-13-18)15(2)3)24(30)21(33-26)14-19-8-6-7-9-20(19)29/h6-15,23,29H,5H2,1-4H3/b21-14-/t23-/m0/s1. The fourth-order valence-electron chi connectivity index (χ4n) is 3.92. The molecule has 6 nitrogen and oxygen atoms in total. The molecule has 3 aromatic rings. The highest BCUT2D eigenvalue weighted by atomic mass is 32.1. The highest BCUT2D eigenvalue weighted by Crippen LogP contribution is 2.31. The number of benzene rings is 2. The van der Waals surface area contributed by atoms with Gasteiger partial charge in [0.25, 0.3) is 5.56 Å². The van der Waals surface area contributed by atoms with Crippen molar-refractivity contribution in [3.8, 4) is 5.75 Å². The number of carbonyl (C=O) groups is 1. The van der Waals surface area contributed by atoms with Gasteiger partial charge < -0.3 is 9.84 Å². The number of esters is 1. The number of para-hydroxylation sites is 1. The van der Waals surface area contributed by atoms with Gasteiger partial charge in [0.15, 0.2) is 4.80 Å². The van der Waals surface area contributed by atoms with Gasteiger partial charge in [-0.05, 0) is 43.0 Å². The van der Waals surface area contributed by atoms with E-state index in [2.05, 4.69) is 18.8 Å². The molecule has 4 rings (SSSR count). The van der Waals surface area contributed by atoms with Crippen LogP contribution in [0.3, 0.4) is 0 Å². The van der Waals surface area contributed by atoms with Crippen LogP contribution in [0.4, 0.5) is 0 Å². The van der Waals surface area contributed by atoms with Crippen LogP contribution in [0.15, 0.2) is 69.6 Å². The number of ether oxygens (including phenoxy) is 1. The van der Waals surface area contributed by atoms with Crippen LogP contribution in [-0.4, -0.2) is 22.2 Å². The maximum Gasteiger partial charge on any atom is 0.338 e. The van der Waals surface area contributed by atoms with Crippen molar-refractivity contribution >= 4 is 23.4 Å². The van der Waals surface area contributed by atoms with Crippen molar-refractivity contribution in [2.45, 2.75) is 39.7 Å². The van der Waals surface area contributed by atoms with Gasteiger partial charge in [-0.3, -0.25) is 9.36 Å². The largest absolute Gasteiger partial charge is 0.507 e. The van der Waals surface area contributed by atoms with E-state index in [1.807, 2.05) is 24.3 Å². The maximum atomic E-state index is 13.5. The highest BCUT2D eigenvalue weighted by Gasteiger charge is 2.33. The minimum atomic E-state index is -0.645. The van der Waals surface area contributed by atoms with Gasteiger partial charge in [-0.25, -0.2) is 9.79 Å². The van der Waals surface area contributed by atoms with E-state index in [4.69, 9.17) is 4.74 Å². The Morgan fingerprint density at radius 1 is 1.21 bits per heavy atom. The third-order valence-electron chi connectivity index (χ3n) is 5.66. The monoisotopic (exact) mass is 462 g/mol.